The molecule has 0 amide bonds. The van der Waals surface area contributed by atoms with E-state index < -0.39 is 0 Å². The minimum absolute atomic E-state index is 0.505. The summed E-state index contributed by atoms with van der Waals surface area (Å²) >= 11 is 0. The maximum absolute atomic E-state index is 5.57. The first-order valence-corrected chi connectivity index (χ1v) is 7.97. The van der Waals surface area contributed by atoms with Crippen molar-refractivity contribution in [3.63, 3.8) is 0 Å². The lowest BCUT2D eigenvalue weighted by molar-refractivity contribution is 0.604. The van der Waals surface area contributed by atoms with E-state index in [1.807, 2.05) is 30.4 Å². The molecule has 2 aliphatic rings. The summed E-state index contributed by atoms with van der Waals surface area (Å²) in [6.07, 6.45) is 26.9. The molecule has 0 N–H and O–H groups in total. The molecule has 1 aromatic heterocycles. The van der Waals surface area contributed by atoms with Crippen LogP contribution in [-0.4, -0.2) is 9.97 Å². The molecule has 3 rings (SSSR count). The number of hydrogen-bond donors (Lipinski definition) is 0. The largest absolute Gasteiger partial charge is 0.226 e. The zero-order valence-electron chi connectivity index (χ0n) is 12.8. The minimum atomic E-state index is 0.505. The van der Waals surface area contributed by atoms with Crippen LogP contribution in [-0.2, 0) is 12.8 Å². The van der Waals surface area contributed by atoms with Crippen LogP contribution >= 0.6 is 0 Å². The molecule has 2 nitrogen and oxygen atoms in total. The number of aromatic nitrogens is 2. The van der Waals surface area contributed by atoms with Gasteiger partial charge in [0.2, 0.25) is 5.82 Å². The molecule has 0 unspecified atom stereocenters. The molecular weight excluding hydrogens is 268 g/mol. The van der Waals surface area contributed by atoms with Gasteiger partial charge in [0.05, 0.1) is 5.69 Å². The van der Waals surface area contributed by atoms with E-state index in [4.69, 9.17) is 6.42 Å². The number of allylic oxidation sites excluding steroid dienone is 8. The monoisotopic (exact) mass is 288 g/mol. The van der Waals surface area contributed by atoms with E-state index in [2.05, 4.69) is 28.0 Å². The van der Waals surface area contributed by atoms with Gasteiger partial charge in [-0.05, 0) is 31.6 Å². The highest BCUT2D eigenvalue weighted by atomic mass is 14.9. The molecule has 22 heavy (non-hydrogen) atoms. The van der Waals surface area contributed by atoms with Crippen molar-refractivity contribution in [2.45, 2.75) is 38.5 Å². The first-order chi connectivity index (χ1) is 10.9. The standard InChI is InChI=1S/C20H20N2/c1-2-19-21-18-15-11-7-6-10-14-17(18)20(22-19)16-12-8-4-3-5-9-13-16/h1,3-5,8-9,12-13H,6-7,10-11,14-15H2/b4-3-,5-3?,8-4?,9-5-,12-8?,13-9?,16-12?,16-13?. The Morgan fingerprint density at radius 1 is 0.864 bits per heavy atom. The summed E-state index contributed by atoms with van der Waals surface area (Å²) in [5.74, 6) is 3.12. The molecule has 0 radical (unpaired) electrons. The summed E-state index contributed by atoms with van der Waals surface area (Å²) in [5.41, 5.74) is 4.55. The number of fused-ring (bicyclic) bond motifs is 1. The topological polar surface area (TPSA) is 25.8 Å². The van der Waals surface area contributed by atoms with Gasteiger partial charge in [-0.15, -0.1) is 6.42 Å². The van der Waals surface area contributed by atoms with Crippen LogP contribution in [0.15, 0.2) is 42.5 Å². The SMILES string of the molecule is C#Cc1nc2c(c(C3=C/C=C\C=C/C=C3)n1)CCCCCC2. The fraction of sp³-hybridized carbons (Fsp3) is 0.300. The van der Waals surface area contributed by atoms with Crippen molar-refractivity contribution in [2.75, 3.05) is 0 Å². The molecule has 0 fully saturated rings. The van der Waals surface area contributed by atoms with Crippen molar-refractivity contribution < 1.29 is 0 Å². The lowest BCUT2D eigenvalue weighted by atomic mass is 9.93. The molecule has 0 saturated heterocycles. The van der Waals surface area contributed by atoms with Crippen LogP contribution in [0, 0.1) is 12.3 Å². The fourth-order valence-electron chi connectivity index (χ4n) is 2.98. The van der Waals surface area contributed by atoms with Crippen molar-refractivity contribution in [3.05, 3.63) is 65.3 Å². The number of hydrogen-bond acceptors (Lipinski definition) is 2. The Hall–Kier alpha value is -2.40. The highest BCUT2D eigenvalue weighted by Crippen LogP contribution is 2.27. The number of aryl methyl sites for hydroxylation is 1. The lowest BCUT2D eigenvalue weighted by Gasteiger charge is -2.17. The summed E-state index contributed by atoms with van der Waals surface area (Å²) in [4.78, 5) is 9.25. The van der Waals surface area contributed by atoms with Crippen molar-refractivity contribution in [1.29, 1.82) is 0 Å². The van der Waals surface area contributed by atoms with Crippen LogP contribution < -0.4 is 0 Å². The van der Waals surface area contributed by atoms with Gasteiger partial charge < -0.3 is 0 Å². The van der Waals surface area contributed by atoms with E-state index in [9.17, 15) is 0 Å². The third kappa shape index (κ3) is 3.26. The van der Waals surface area contributed by atoms with Gasteiger partial charge in [-0.1, -0.05) is 55.4 Å². The van der Waals surface area contributed by atoms with Crippen LogP contribution in [0.3, 0.4) is 0 Å². The molecular formula is C20H20N2. The van der Waals surface area contributed by atoms with E-state index in [0.29, 0.717) is 5.82 Å². The number of rotatable bonds is 1. The molecule has 0 bridgehead atoms. The van der Waals surface area contributed by atoms with Crippen LogP contribution in [0.5, 0.6) is 0 Å². The van der Waals surface area contributed by atoms with Crippen molar-refractivity contribution in [2.24, 2.45) is 0 Å². The van der Waals surface area contributed by atoms with Gasteiger partial charge in [-0.25, -0.2) is 9.97 Å². The van der Waals surface area contributed by atoms with Crippen LogP contribution in [0.25, 0.3) is 5.57 Å². The van der Waals surface area contributed by atoms with E-state index >= 15 is 0 Å². The molecule has 2 heteroatoms. The average Bonchev–Trinajstić information content (AvgIpc) is 2.47. The first kappa shape index (κ1) is 14.5. The molecule has 2 aliphatic carbocycles. The van der Waals surface area contributed by atoms with Crippen LogP contribution in [0.4, 0.5) is 0 Å². The van der Waals surface area contributed by atoms with Gasteiger partial charge in [-0.2, -0.15) is 0 Å². The third-order valence-electron chi connectivity index (χ3n) is 4.08. The molecule has 0 aromatic carbocycles. The summed E-state index contributed by atoms with van der Waals surface area (Å²) in [5, 5.41) is 0. The number of terminal acetylenes is 1. The molecule has 0 aliphatic heterocycles. The Balaban J connectivity index is 2.12. The molecule has 0 atom stereocenters. The van der Waals surface area contributed by atoms with Crippen LogP contribution in [0.1, 0.15) is 48.5 Å². The molecule has 1 heterocycles. The van der Waals surface area contributed by atoms with Gasteiger partial charge >= 0.3 is 0 Å². The maximum Gasteiger partial charge on any atom is 0.205 e. The summed E-state index contributed by atoms with van der Waals surface area (Å²) in [6.45, 7) is 0. The van der Waals surface area contributed by atoms with Gasteiger partial charge in [0, 0.05) is 16.8 Å². The Morgan fingerprint density at radius 3 is 2.50 bits per heavy atom. The maximum atomic E-state index is 5.57. The predicted octanol–water partition coefficient (Wildman–Crippen LogP) is 4.18. The third-order valence-corrected chi connectivity index (χ3v) is 4.08. The Bertz CT molecular complexity index is 712. The normalized spacial score (nSPS) is 20.4. The second kappa shape index (κ2) is 7.04. The second-order valence-electron chi connectivity index (χ2n) is 5.63. The highest BCUT2D eigenvalue weighted by Gasteiger charge is 2.17. The minimum Gasteiger partial charge on any atom is -0.226 e. The summed E-state index contributed by atoms with van der Waals surface area (Å²) in [6, 6.07) is 0. The van der Waals surface area contributed by atoms with Crippen molar-refractivity contribution >= 4 is 5.57 Å². The Labute approximate surface area is 132 Å². The molecule has 110 valence electrons. The van der Waals surface area contributed by atoms with E-state index in [-0.39, 0.29) is 0 Å². The van der Waals surface area contributed by atoms with E-state index in [1.54, 1.807) is 0 Å². The average molecular weight is 288 g/mol. The predicted molar refractivity (Wildman–Crippen MR) is 91.2 cm³/mol. The van der Waals surface area contributed by atoms with Gasteiger partial charge in [0.1, 0.15) is 0 Å². The molecule has 1 aromatic rings. The van der Waals surface area contributed by atoms with Gasteiger partial charge in [0.15, 0.2) is 0 Å². The van der Waals surface area contributed by atoms with Crippen molar-refractivity contribution in [1.82, 2.24) is 9.97 Å². The Kier molecular flexibility index (Phi) is 4.65. The second-order valence-corrected chi connectivity index (χ2v) is 5.63. The quantitative estimate of drug-likeness (QED) is 0.724. The summed E-state index contributed by atoms with van der Waals surface area (Å²) < 4.78 is 0. The van der Waals surface area contributed by atoms with Gasteiger partial charge in [-0.3, -0.25) is 0 Å². The molecule has 0 saturated carbocycles. The Morgan fingerprint density at radius 2 is 1.64 bits per heavy atom. The molecule has 0 spiro atoms. The highest BCUT2D eigenvalue weighted by molar-refractivity contribution is 5.76. The van der Waals surface area contributed by atoms with Crippen LogP contribution in [0.2, 0.25) is 0 Å². The van der Waals surface area contributed by atoms with Crippen molar-refractivity contribution in [3.8, 4) is 12.3 Å². The number of nitrogens with zero attached hydrogens (tertiary/aromatic N) is 2. The summed E-state index contributed by atoms with van der Waals surface area (Å²) in [7, 11) is 0. The smallest absolute Gasteiger partial charge is 0.205 e. The van der Waals surface area contributed by atoms with E-state index in [1.165, 1.54) is 31.2 Å². The lowest BCUT2D eigenvalue weighted by Crippen LogP contribution is -2.10. The first-order valence-electron chi connectivity index (χ1n) is 7.97. The fourth-order valence-corrected chi connectivity index (χ4v) is 2.98. The van der Waals surface area contributed by atoms with E-state index in [0.717, 1.165) is 29.8 Å². The zero-order chi connectivity index (χ0) is 15.2. The van der Waals surface area contributed by atoms with Gasteiger partial charge in [0.25, 0.3) is 0 Å². The zero-order valence-corrected chi connectivity index (χ0v) is 12.8.